The minimum atomic E-state index is -0.537. The highest BCUT2D eigenvalue weighted by Gasteiger charge is 2.17. The van der Waals surface area contributed by atoms with E-state index in [-0.39, 0.29) is 16.9 Å². The van der Waals surface area contributed by atoms with Gasteiger partial charge >= 0.3 is 0 Å². The van der Waals surface area contributed by atoms with Gasteiger partial charge in [-0.05, 0) is 24.3 Å². The summed E-state index contributed by atoms with van der Waals surface area (Å²) in [6, 6.07) is 13.7. The molecule has 0 spiro atoms. The van der Waals surface area contributed by atoms with Crippen LogP contribution in [0, 0.1) is 5.82 Å². The van der Waals surface area contributed by atoms with Gasteiger partial charge in [-0.15, -0.1) is 0 Å². The summed E-state index contributed by atoms with van der Waals surface area (Å²) in [5.74, 6) is 0.139. The van der Waals surface area contributed by atoms with Gasteiger partial charge in [0.15, 0.2) is 0 Å². The second kappa shape index (κ2) is 5.13. The standard InChI is InChI=1S/C17H15FN2O/c1-11(2)16-19-14-10-6-9-13(18)15(14)17(21)20(16)12-7-4-3-5-8-12/h3-11H,1-2H3. The number of aromatic nitrogens is 2. The molecule has 0 radical (unpaired) electrons. The van der Waals surface area contributed by atoms with E-state index < -0.39 is 5.82 Å². The zero-order chi connectivity index (χ0) is 15.0. The number of rotatable bonds is 2. The van der Waals surface area contributed by atoms with E-state index in [9.17, 15) is 9.18 Å². The lowest BCUT2D eigenvalue weighted by Crippen LogP contribution is -2.25. The van der Waals surface area contributed by atoms with Crippen molar-refractivity contribution in [1.82, 2.24) is 9.55 Å². The van der Waals surface area contributed by atoms with Crippen molar-refractivity contribution in [3.8, 4) is 5.69 Å². The monoisotopic (exact) mass is 282 g/mol. The molecule has 3 aromatic rings. The van der Waals surface area contributed by atoms with Gasteiger partial charge in [0.25, 0.3) is 5.56 Å². The fourth-order valence-electron chi connectivity index (χ4n) is 2.42. The van der Waals surface area contributed by atoms with Crippen molar-refractivity contribution in [3.05, 3.63) is 70.5 Å². The van der Waals surface area contributed by atoms with Gasteiger partial charge in [0, 0.05) is 5.92 Å². The summed E-state index contributed by atoms with van der Waals surface area (Å²) in [7, 11) is 0. The molecule has 0 aliphatic rings. The van der Waals surface area contributed by atoms with Crippen LogP contribution in [0.4, 0.5) is 4.39 Å². The van der Waals surface area contributed by atoms with Crippen molar-refractivity contribution in [2.45, 2.75) is 19.8 Å². The van der Waals surface area contributed by atoms with Crippen LogP contribution in [0.2, 0.25) is 0 Å². The maximum atomic E-state index is 14.0. The molecule has 0 saturated carbocycles. The number of fused-ring (bicyclic) bond motifs is 1. The van der Waals surface area contributed by atoms with Crippen molar-refractivity contribution >= 4 is 10.9 Å². The van der Waals surface area contributed by atoms with E-state index in [2.05, 4.69) is 4.98 Å². The summed E-state index contributed by atoms with van der Waals surface area (Å²) < 4.78 is 15.5. The molecule has 0 aliphatic heterocycles. The molecule has 2 aromatic carbocycles. The molecular weight excluding hydrogens is 267 g/mol. The molecular formula is C17H15FN2O. The molecule has 0 aliphatic carbocycles. The largest absolute Gasteiger partial charge is 0.268 e. The zero-order valence-corrected chi connectivity index (χ0v) is 11.9. The van der Waals surface area contributed by atoms with Crippen molar-refractivity contribution in [2.75, 3.05) is 0 Å². The average Bonchev–Trinajstić information content (AvgIpc) is 2.47. The topological polar surface area (TPSA) is 34.9 Å². The van der Waals surface area contributed by atoms with E-state index in [0.29, 0.717) is 17.0 Å². The molecule has 3 rings (SSSR count). The third kappa shape index (κ3) is 2.23. The van der Waals surface area contributed by atoms with Crippen molar-refractivity contribution in [2.24, 2.45) is 0 Å². The summed E-state index contributed by atoms with van der Waals surface area (Å²) >= 11 is 0. The highest BCUT2D eigenvalue weighted by Crippen LogP contribution is 2.20. The van der Waals surface area contributed by atoms with Crippen LogP contribution in [0.25, 0.3) is 16.6 Å². The second-order valence-corrected chi connectivity index (χ2v) is 5.23. The Morgan fingerprint density at radius 2 is 1.76 bits per heavy atom. The molecule has 0 unspecified atom stereocenters. The smallest absolute Gasteiger partial charge is 0.268 e. The van der Waals surface area contributed by atoms with Gasteiger partial charge in [-0.3, -0.25) is 9.36 Å². The number of nitrogens with zero attached hydrogens (tertiary/aromatic N) is 2. The molecule has 0 amide bonds. The first-order valence-electron chi connectivity index (χ1n) is 6.86. The fourth-order valence-corrected chi connectivity index (χ4v) is 2.42. The van der Waals surface area contributed by atoms with Crippen LogP contribution >= 0.6 is 0 Å². The molecule has 0 atom stereocenters. The van der Waals surface area contributed by atoms with E-state index in [1.165, 1.54) is 10.6 Å². The van der Waals surface area contributed by atoms with Gasteiger partial charge in [-0.2, -0.15) is 0 Å². The Balaban J connectivity index is 2.47. The lowest BCUT2D eigenvalue weighted by atomic mass is 10.1. The summed E-state index contributed by atoms with van der Waals surface area (Å²) in [5.41, 5.74) is 0.729. The summed E-state index contributed by atoms with van der Waals surface area (Å²) in [6.45, 7) is 3.93. The highest BCUT2D eigenvalue weighted by molar-refractivity contribution is 5.78. The van der Waals surface area contributed by atoms with Crippen molar-refractivity contribution in [1.29, 1.82) is 0 Å². The van der Waals surface area contributed by atoms with Gasteiger partial charge in [0.2, 0.25) is 0 Å². The number of benzene rings is 2. The van der Waals surface area contributed by atoms with Gasteiger partial charge < -0.3 is 0 Å². The Morgan fingerprint density at radius 1 is 1.05 bits per heavy atom. The lowest BCUT2D eigenvalue weighted by Gasteiger charge is -2.16. The van der Waals surface area contributed by atoms with Crippen molar-refractivity contribution in [3.63, 3.8) is 0 Å². The molecule has 1 aromatic heterocycles. The predicted molar refractivity (Wildman–Crippen MR) is 81.4 cm³/mol. The molecule has 4 heteroatoms. The van der Waals surface area contributed by atoms with Crippen LogP contribution in [0.1, 0.15) is 25.6 Å². The van der Waals surface area contributed by atoms with Crippen LogP contribution in [0.5, 0.6) is 0 Å². The van der Waals surface area contributed by atoms with Crippen LogP contribution < -0.4 is 5.56 Å². The predicted octanol–water partition coefficient (Wildman–Crippen LogP) is 3.65. The van der Waals surface area contributed by atoms with Crippen LogP contribution in [0.3, 0.4) is 0 Å². The average molecular weight is 282 g/mol. The highest BCUT2D eigenvalue weighted by atomic mass is 19.1. The van der Waals surface area contributed by atoms with Crippen LogP contribution in [-0.4, -0.2) is 9.55 Å². The number of hydrogen-bond donors (Lipinski definition) is 0. The van der Waals surface area contributed by atoms with Gasteiger partial charge in [0.1, 0.15) is 17.0 Å². The van der Waals surface area contributed by atoms with E-state index in [0.717, 1.165) is 0 Å². The van der Waals surface area contributed by atoms with E-state index >= 15 is 0 Å². The van der Waals surface area contributed by atoms with Crippen molar-refractivity contribution < 1.29 is 4.39 Å². The summed E-state index contributed by atoms with van der Waals surface area (Å²) in [6.07, 6.45) is 0. The number of halogens is 1. The Morgan fingerprint density at radius 3 is 2.43 bits per heavy atom. The Hall–Kier alpha value is -2.49. The molecule has 0 fully saturated rings. The quantitative estimate of drug-likeness (QED) is 0.719. The molecule has 1 heterocycles. The molecule has 0 N–H and O–H groups in total. The first-order chi connectivity index (χ1) is 10.1. The van der Waals surface area contributed by atoms with Crippen LogP contribution in [0.15, 0.2) is 53.3 Å². The third-order valence-corrected chi connectivity index (χ3v) is 3.40. The molecule has 0 saturated heterocycles. The SMILES string of the molecule is CC(C)c1nc2cccc(F)c2c(=O)n1-c1ccccc1. The molecule has 106 valence electrons. The fraction of sp³-hybridized carbons (Fsp3) is 0.176. The second-order valence-electron chi connectivity index (χ2n) is 5.23. The first kappa shape index (κ1) is 13.5. The van der Waals surface area contributed by atoms with Gasteiger partial charge in [-0.1, -0.05) is 38.1 Å². The van der Waals surface area contributed by atoms with Gasteiger partial charge in [-0.25, -0.2) is 9.37 Å². The summed E-state index contributed by atoms with van der Waals surface area (Å²) in [5, 5.41) is 0.0331. The summed E-state index contributed by atoms with van der Waals surface area (Å²) in [4.78, 5) is 17.3. The van der Waals surface area contributed by atoms with E-state index in [1.807, 2.05) is 44.2 Å². The molecule has 21 heavy (non-hydrogen) atoms. The lowest BCUT2D eigenvalue weighted by molar-refractivity contribution is 0.634. The van der Waals surface area contributed by atoms with E-state index in [4.69, 9.17) is 0 Å². The Bertz CT molecular complexity index is 854. The Kier molecular flexibility index (Phi) is 3.29. The zero-order valence-electron chi connectivity index (χ0n) is 11.9. The molecule has 3 nitrogen and oxygen atoms in total. The normalized spacial score (nSPS) is 11.2. The number of hydrogen-bond acceptors (Lipinski definition) is 2. The van der Waals surface area contributed by atoms with Crippen LogP contribution in [-0.2, 0) is 0 Å². The minimum absolute atomic E-state index is 0.0331. The number of para-hydroxylation sites is 1. The van der Waals surface area contributed by atoms with E-state index in [1.54, 1.807) is 12.1 Å². The third-order valence-electron chi connectivity index (χ3n) is 3.40. The minimum Gasteiger partial charge on any atom is -0.268 e. The van der Waals surface area contributed by atoms with Gasteiger partial charge in [0.05, 0.1) is 11.2 Å². The maximum Gasteiger partial charge on any atom is 0.268 e. The first-order valence-corrected chi connectivity index (χ1v) is 6.86. The molecule has 0 bridgehead atoms. The Labute approximate surface area is 121 Å². The maximum absolute atomic E-state index is 14.0.